The SMILES string of the molecule is Cc1cc(C=C2SC(=O)N(CC(=O)N3CCCCC3)C2=O)c(C)n1-c1cccc(Cl)c1Cl. The molecule has 3 amide bonds. The predicted molar refractivity (Wildman–Crippen MR) is 128 cm³/mol. The summed E-state index contributed by atoms with van der Waals surface area (Å²) in [5.41, 5.74) is 3.32. The van der Waals surface area contributed by atoms with Crippen molar-refractivity contribution in [3.63, 3.8) is 0 Å². The third kappa shape index (κ3) is 4.34. The summed E-state index contributed by atoms with van der Waals surface area (Å²) in [6, 6.07) is 7.36. The molecule has 1 aromatic carbocycles. The Kier molecular flexibility index (Phi) is 6.70. The molecule has 0 spiro atoms. The number of nitrogens with zero attached hydrogens (tertiary/aromatic N) is 3. The maximum atomic E-state index is 12.9. The second-order valence-electron chi connectivity index (χ2n) is 7.94. The summed E-state index contributed by atoms with van der Waals surface area (Å²) in [5.74, 6) is -0.613. The van der Waals surface area contributed by atoms with Crippen LogP contribution in [0.3, 0.4) is 0 Å². The van der Waals surface area contributed by atoms with Crippen molar-refractivity contribution < 1.29 is 14.4 Å². The standard InChI is InChI=1S/C23H23Cl2N3O3S/c1-14-11-16(15(2)28(14)18-8-6-7-17(24)21(18)25)12-19-22(30)27(23(31)32-19)13-20(29)26-9-4-3-5-10-26/h6-8,11-12H,3-5,9-10,13H2,1-2H3. The maximum Gasteiger partial charge on any atom is 0.294 e. The maximum absolute atomic E-state index is 12.9. The fourth-order valence-corrected chi connectivity index (χ4v) is 5.33. The number of likely N-dealkylation sites (tertiary alicyclic amines) is 1. The minimum Gasteiger partial charge on any atom is -0.341 e. The highest BCUT2D eigenvalue weighted by Crippen LogP contribution is 2.35. The Morgan fingerprint density at radius 2 is 1.84 bits per heavy atom. The van der Waals surface area contributed by atoms with Crippen molar-refractivity contribution in [1.82, 2.24) is 14.4 Å². The van der Waals surface area contributed by atoms with E-state index in [9.17, 15) is 14.4 Å². The molecule has 0 N–H and O–H groups in total. The minimum atomic E-state index is -0.434. The first-order valence-electron chi connectivity index (χ1n) is 10.4. The Morgan fingerprint density at radius 1 is 1.12 bits per heavy atom. The Bertz CT molecular complexity index is 1140. The zero-order valence-electron chi connectivity index (χ0n) is 17.9. The van der Waals surface area contributed by atoms with Crippen molar-refractivity contribution in [2.45, 2.75) is 33.1 Å². The zero-order chi connectivity index (χ0) is 23.0. The van der Waals surface area contributed by atoms with E-state index in [4.69, 9.17) is 23.2 Å². The van der Waals surface area contributed by atoms with Gasteiger partial charge in [0, 0.05) is 24.5 Å². The summed E-state index contributed by atoms with van der Waals surface area (Å²) in [5, 5.41) is 0.482. The highest BCUT2D eigenvalue weighted by molar-refractivity contribution is 8.18. The van der Waals surface area contributed by atoms with Crippen LogP contribution in [0.5, 0.6) is 0 Å². The molecule has 32 heavy (non-hydrogen) atoms. The highest BCUT2D eigenvalue weighted by atomic mass is 35.5. The summed E-state index contributed by atoms with van der Waals surface area (Å²) in [4.78, 5) is 41.0. The van der Waals surface area contributed by atoms with Gasteiger partial charge in [-0.15, -0.1) is 0 Å². The number of amides is 3. The Labute approximate surface area is 201 Å². The zero-order valence-corrected chi connectivity index (χ0v) is 20.2. The van der Waals surface area contributed by atoms with Crippen molar-refractivity contribution in [3.05, 3.63) is 56.2 Å². The van der Waals surface area contributed by atoms with Crippen LogP contribution in [0.2, 0.25) is 10.0 Å². The van der Waals surface area contributed by atoms with Crippen LogP contribution in [-0.2, 0) is 9.59 Å². The van der Waals surface area contributed by atoms with Gasteiger partial charge in [-0.2, -0.15) is 0 Å². The van der Waals surface area contributed by atoms with Crippen LogP contribution >= 0.6 is 35.0 Å². The third-order valence-electron chi connectivity index (χ3n) is 5.80. The van der Waals surface area contributed by atoms with E-state index in [1.165, 1.54) is 0 Å². The van der Waals surface area contributed by atoms with Crippen LogP contribution in [0.1, 0.15) is 36.2 Å². The van der Waals surface area contributed by atoms with Gasteiger partial charge in [0.1, 0.15) is 6.54 Å². The first-order valence-corrected chi connectivity index (χ1v) is 12.0. The summed E-state index contributed by atoms with van der Waals surface area (Å²) in [7, 11) is 0. The van der Waals surface area contributed by atoms with Crippen molar-refractivity contribution in [2.75, 3.05) is 19.6 Å². The average molecular weight is 492 g/mol. The Morgan fingerprint density at radius 3 is 2.56 bits per heavy atom. The van der Waals surface area contributed by atoms with Gasteiger partial charge in [0.2, 0.25) is 5.91 Å². The highest BCUT2D eigenvalue weighted by Gasteiger charge is 2.37. The van der Waals surface area contributed by atoms with Crippen LogP contribution in [0.15, 0.2) is 29.2 Å². The van der Waals surface area contributed by atoms with Crippen molar-refractivity contribution in [3.8, 4) is 5.69 Å². The van der Waals surface area contributed by atoms with Gasteiger partial charge < -0.3 is 9.47 Å². The van der Waals surface area contributed by atoms with E-state index in [0.29, 0.717) is 28.0 Å². The van der Waals surface area contributed by atoms with Gasteiger partial charge in [0.15, 0.2) is 0 Å². The summed E-state index contributed by atoms with van der Waals surface area (Å²) >= 11 is 13.5. The lowest BCUT2D eigenvalue weighted by Crippen LogP contribution is -2.44. The molecule has 0 aliphatic carbocycles. The molecule has 2 saturated heterocycles. The van der Waals surface area contributed by atoms with Crippen LogP contribution in [-0.4, -0.2) is 51.1 Å². The molecule has 0 unspecified atom stereocenters. The molecular formula is C23H23Cl2N3O3S. The smallest absolute Gasteiger partial charge is 0.294 e. The van der Waals surface area contributed by atoms with E-state index in [0.717, 1.165) is 58.6 Å². The molecule has 1 aromatic heterocycles. The van der Waals surface area contributed by atoms with Gasteiger partial charge in [-0.05, 0) is 74.7 Å². The predicted octanol–water partition coefficient (Wildman–Crippen LogP) is 5.45. The van der Waals surface area contributed by atoms with Crippen LogP contribution < -0.4 is 0 Å². The summed E-state index contributed by atoms with van der Waals surface area (Å²) in [6.45, 7) is 5.01. The van der Waals surface area contributed by atoms with Gasteiger partial charge in [0.05, 0.1) is 20.6 Å². The number of halogens is 2. The molecule has 0 radical (unpaired) electrons. The number of thioether (sulfide) groups is 1. The molecule has 6 nitrogen and oxygen atoms in total. The number of carbonyl (C=O) groups is 3. The Hall–Kier alpha value is -2.22. The fourth-order valence-electron chi connectivity index (χ4n) is 4.13. The third-order valence-corrected chi connectivity index (χ3v) is 7.52. The number of hydrogen-bond donors (Lipinski definition) is 0. The quantitative estimate of drug-likeness (QED) is 0.533. The van der Waals surface area contributed by atoms with Crippen molar-refractivity contribution in [2.24, 2.45) is 0 Å². The number of imide groups is 1. The van der Waals surface area contributed by atoms with E-state index >= 15 is 0 Å². The Balaban J connectivity index is 1.58. The molecule has 3 heterocycles. The number of benzene rings is 1. The molecule has 2 fully saturated rings. The van der Waals surface area contributed by atoms with E-state index in [-0.39, 0.29) is 12.5 Å². The number of aryl methyl sites for hydroxylation is 1. The van der Waals surface area contributed by atoms with Crippen molar-refractivity contribution >= 4 is 58.1 Å². The number of carbonyl (C=O) groups excluding carboxylic acids is 3. The van der Waals surface area contributed by atoms with Crippen LogP contribution in [0.4, 0.5) is 4.79 Å². The number of aromatic nitrogens is 1. The lowest BCUT2D eigenvalue weighted by atomic mass is 10.1. The van der Waals surface area contributed by atoms with Gasteiger partial charge >= 0.3 is 0 Å². The van der Waals surface area contributed by atoms with Gasteiger partial charge in [-0.3, -0.25) is 19.3 Å². The van der Waals surface area contributed by atoms with Crippen LogP contribution in [0, 0.1) is 13.8 Å². The number of hydrogen-bond acceptors (Lipinski definition) is 4. The monoisotopic (exact) mass is 491 g/mol. The number of rotatable bonds is 4. The first-order chi connectivity index (χ1) is 15.3. The molecule has 2 aliphatic rings. The molecule has 0 atom stereocenters. The van der Waals surface area contributed by atoms with Gasteiger partial charge in [0.25, 0.3) is 11.1 Å². The topological polar surface area (TPSA) is 62.6 Å². The largest absolute Gasteiger partial charge is 0.341 e. The summed E-state index contributed by atoms with van der Waals surface area (Å²) < 4.78 is 1.96. The van der Waals surface area contributed by atoms with Crippen LogP contribution in [0.25, 0.3) is 11.8 Å². The van der Waals surface area contributed by atoms with E-state index in [1.54, 1.807) is 17.0 Å². The molecule has 168 valence electrons. The molecule has 4 rings (SSSR count). The molecule has 9 heteroatoms. The number of piperidine rings is 1. The molecular weight excluding hydrogens is 469 g/mol. The minimum absolute atomic E-state index is 0.179. The van der Waals surface area contributed by atoms with Crippen molar-refractivity contribution in [1.29, 1.82) is 0 Å². The lowest BCUT2D eigenvalue weighted by molar-refractivity contribution is -0.136. The molecule has 0 bridgehead atoms. The second-order valence-corrected chi connectivity index (χ2v) is 9.72. The van der Waals surface area contributed by atoms with E-state index in [2.05, 4.69) is 0 Å². The summed E-state index contributed by atoms with van der Waals surface area (Å²) in [6.07, 6.45) is 4.72. The molecule has 2 aliphatic heterocycles. The molecule has 2 aromatic rings. The van der Waals surface area contributed by atoms with Gasteiger partial charge in [-0.1, -0.05) is 29.3 Å². The normalized spacial score (nSPS) is 18.2. The first kappa shape index (κ1) is 23.0. The van der Waals surface area contributed by atoms with E-state index < -0.39 is 11.1 Å². The van der Waals surface area contributed by atoms with Gasteiger partial charge in [-0.25, -0.2) is 0 Å². The fraction of sp³-hybridized carbons (Fsp3) is 0.348. The molecule has 0 saturated carbocycles. The van der Waals surface area contributed by atoms with E-state index in [1.807, 2.05) is 36.6 Å². The average Bonchev–Trinajstić information content (AvgIpc) is 3.20. The second kappa shape index (κ2) is 9.33. The lowest BCUT2D eigenvalue weighted by Gasteiger charge is -2.27.